The maximum Gasteiger partial charge on any atom is 0.118 e. The summed E-state index contributed by atoms with van der Waals surface area (Å²) in [5.41, 5.74) is 13.7. The quantitative estimate of drug-likeness (QED) is 0.269. The Kier molecular flexibility index (Phi) is 7.96. The van der Waals surface area contributed by atoms with Gasteiger partial charge in [0.2, 0.25) is 0 Å². The maximum absolute atomic E-state index is 5.84. The van der Waals surface area contributed by atoms with E-state index in [9.17, 15) is 0 Å². The Morgan fingerprint density at radius 3 is 1.31 bits per heavy atom. The first-order valence-electron chi connectivity index (χ1n) is 11.3. The molecule has 0 aliphatic carbocycles. The van der Waals surface area contributed by atoms with Crippen molar-refractivity contribution >= 4 is 27.8 Å². The number of hydrogen-bond donors (Lipinski definition) is 1. The molecule has 0 fully saturated rings. The smallest absolute Gasteiger partial charge is 0.118 e. The summed E-state index contributed by atoms with van der Waals surface area (Å²) in [6, 6.07) is 35.6. The van der Waals surface area contributed by atoms with E-state index in [2.05, 4.69) is 72.8 Å². The van der Waals surface area contributed by atoms with Crippen molar-refractivity contribution in [1.82, 2.24) is 0 Å². The number of methoxy groups -OCH3 is 2. The van der Waals surface area contributed by atoms with Gasteiger partial charge in [0.25, 0.3) is 0 Å². The number of nitrogens with two attached hydrogens (primary N) is 1. The summed E-state index contributed by atoms with van der Waals surface area (Å²) in [4.78, 5) is 1.05. The van der Waals surface area contributed by atoms with E-state index in [1.807, 2.05) is 36.6 Å². The standard InChI is InChI=1S/C31H29NO2S/c1-33-27-17-13-25(14-18-27)31(26-15-19-28(34-2)20-16-26)30(23-7-5-4-6-8-23)24-11-9-22(10-12-24)29(21-32)35-3/h4-21H,32H2,1-3H3/b29-21+. The van der Waals surface area contributed by atoms with Gasteiger partial charge >= 0.3 is 0 Å². The van der Waals surface area contributed by atoms with Gasteiger partial charge in [-0.1, -0.05) is 78.9 Å². The van der Waals surface area contributed by atoms with Crippen LogP contribution in [0.15, 0.2) is 109 Å². The van der Waals surface area contributed by atoms with E-state index in [1.165, 1.54) is 0 Å². The fraction of sp³-hybridized carbons (Fsp3) is 0.0968. The minimum absolute atomic E-state index is 0.826. The molecule has 0 aromatic heterocycles. The molecule has 0 amide bonds. The van der Waals surface area contributed by atoms with Gasteiger partial charge in [-0.15, -0.1) is 11.8 Å². The predicted molar refractivity (Wildman–Crippen MR) is 150 cm³/mol. The maximum atomic E-state index is 5.84. The van der Waals surface area contributed by atoms with Crippen molar-refractivity contribution in [3.8, 4) is 11.5 Å². The van der Waals surface area contributed by atoms with Crippen molar-refractivity contribution in [3.05, 3.63) is 137 Å². The molecule has 35 heavy (non-hydrogen) atoms. The Bertz CT molecular complexity index is 1260. The van der Waals surface area contributed by atoms with Crippen LogP contribution in [0.25, 0.3) is 16.1 Å². The molecular weight excluding hydrogens is 450 g/mol. The monoisotopic (exact) mass is 479 g/mol. The van der Waals surface area contributed by atoms with Crippen LogP contribution in [0.4, 0.5) is 0 Å². The van der Waals surface area contributed by atoms with Crippen LogP contribution in [-0.2, 0) is 0 Å². The molecule has 0 atom stereocenters. The number of ether oxygens (including phenoxy) is 2. The van der Waals surface area contributed by atoms with Gasteiger partial charge in [-0.25, -0.2) is 0 Å². The zero-order valence-electron chi connectivity index (χ0n) is 20.2. The second kappa shape index (κ2) is 11.5. The summed E-state index contributed by atoms with van der Waals surface area (Å²) in [7, 11) is 3.37. The molecule has 4 rings (SSSR count). The molecule has 0 saturated heterocycles. The highest BCUT2D eigenvalue weighted by Gasteiger charge is 2.17. The van der Waals surface area contributed by atoms with Crippen molar-refractivity contribution in [2.75, 3.05) is 20.5 Å². The summed E-state index contributed by atoms with van der Waals surface area (Å²) in [5.74, 6) is 1.65. The fourth-order valence-corrected chi connectivity index (χ4v) is 4.62. The Morgan fingerprint density at radius 1 is 0.571 bits per heavy atom. The third kappa shape index (κ3) is 5.44. The van der Waals surface area contributed by atoms with Crippen LogP contribution in [0.1, 0.15) is 27.8 Å². The van der Waals surface area contributed by atoms with Crippen LogP contribution in [0.2, 0.25) is 0 Å². The van der Waals surface area contributed by atoms with E-state index in [1.54, 1.807) is 32.2 Å². The molecule has 0 aliphatic rings. The molecule has 0 radical (unpaired) electrons. The number of thioether (sulfide) groups is 1. The highest BCUT2D eigenvalue weighted by Crippen LogP contribution is 2.38. The molecule has 4 aromatic rings. The normalized spacial score (nSPS) is 11.1. The third-order valence-electron chi connectivity index (χ3n) is 5.90. The van der Waals surface area contributed by atoms with Crippen molar-refractivity contribution in [2.24, 2.45) is 5.73 Å². The van der Waals surface area contributed by atoms with E-state index < -0.39 is 0 Å². The largest absolute Gasteiger partial charge is 0.497 e. The SMILES string of the molecule is COc1ccc(C(=C(c2ccccc2)c2ccc(/C(=C\N)SC)cc2)c2ccc(OC)cc2)cc1. The van der Waals surface area contributed by atoms with Crippen LogP contribution >= 0.6 is 11.8 Å². The van der Waals surface area contributed by atoms with Crippen LogP contribution in [0.5, 0.6) is 11.5 Å². The molecule has 176 valence electrons. The lowest BCUT2D eigenvalue weighted by molar-refractivity contribution is 0.414. The second-order valence-corrected chi connectivity index (χ2v) is 8.73. The summed E-state index contributed by atoms with van der Waals surface area (Å²) in [6.07, 6.45) is 3.70. The minimum atomic E-state index is 0.826. The van der Waals surface area contributed by atoms with Gasteiger partial charge in [0.15, 0.2) is 0 Å². The zero-order valence-corrected chi connectivity index (χ0v) is 21.0. The van der Waals surface area contributed by atoms with Gasteiger partial charge in [0.1, 0.15) is 11.5 Å². The molecule has 0 unspecified atom stereocenters. The summed E-state index contributed by atoms with van der Waals surface area (Å²) in [5, 5.41) is 0. The Hall–Kier alpha value is -3.89. The van der Waals surface area contributed by atoms with Crippen LogP contribution < -0.4 is 15.2 Å². The van der Waals surface area contributed by atoms with Crippen molar-refractivity contribution in [2.45, 2.75) is 0 Å². The van der Waals surface area contributed by atoms with Crippen LogP contribution in [0.3, 0.4) is 0 Å². The van der Waals surface area contributed by atoms with Crippen molar-refractivity contribution in [3.63, 3.8) is 0 Å². The molecule has 0 aliphatic heterocycles. The first kappa shape index (κ1) is 24.2. The average Bonchev–Trinajstić information content (AvgIpc) is 2.93. The first-order valence-corrected chi connectivity index (χ1v) is 12.6. The van der Waals surface area contributed by atoms with E-state index in [-0.39, 0.29) is 0 Å². The molecule has 2 N–H and O–H groups in total. The number of benzene rings is 4. The average molecular weight is 480 g/mol. The number of hydrogen-bond acceptors (Lipinski definition) is 4. The van der Waals surface area contributed by atoms with Crippen LogP contribution in [0, 0.1) is 0 Å². The fourth-order valence-electron chi connectivity index (χ4n) is 4.11. The number of rotatable bonds is 8. The van der Waals surface area contributed by atoms with E-state index in [0.29, 0.717) is 0 Å². The summed E-state index contributed by atoms with van der Waals surface area (Å²) in [6.45, 7) is 0. The molecule has 4 aromatic carbocycles. The van der Waals surface area contributed by atoms with Gasteiger partial charge in [-0.3, -0.25) is 0 Å². The molecular formula is C31H29NO2S. The first-order chi connectivity index (χ1) is 17.2. The second-order valence-electron chi connectivity index (χ2n) is 7.89. The Morgan fingerprint density at radius 2 is 0.943 bits per heavy atom. The minimum Gasteiger partial charge on any atom is -0.497 e. The third-order valence-corrected chi connectivity index (χ3v) is 6.71. The van der Waals surface area contributed by atoms with Crippen molar-refractivity contribution in [1.29, 1.82) is 0 Å². The molecule has 0 spiro atoms. The topological polar surface area (TPSA) is 44.5 Å². The molecule has 0 bridgehead atoms. The lowest BCUT2D eigenvalue weighted by Crippen LogP contribution is -1.98. The molecule has 0 heterocycles. The van der Waals surface area contributed by atoms with E-state index in [0.717, 1.165) is 55.4 Å². The van der Waals surface area contributed by atoms with Gasteiger partial charge in [0, 0.05) is 11.1 Å². The predicted octanol–water partition coefficient (Wildman–Crippen LogP) is 7.33. The highest BCUT2D eigenvalue weighted by molar-refractivity contribution is 8.07. The van der Waals surface area contributed by atoms with Gasteiger partial charge in [-0.2, -0.15) is 0 Å². The van der Waals surface area contributed by atoms with Crippen LogP contribution in [-0.4, -0.2) is 20.5 Å². The van der Waals surface area contributed by atoms with Gasteiger partial charge in [0.05, 0.1) is 14.2 Å². The Labute approximate surface area is 211 Å². The van der Waals surface area contributed by atoms with Gasteiger partial charge < -0.3 is 15.2 Å². The lowest BCUT2D eigenvalue weighted by atomic mass is 9.85. The Balaban J connectivity index is 2.00. The highest BCUT2D eigenvalue weighted by atomic mass is 32.2. The molecule has 3 nitrogen and oxygen atoms in total. The summed E-state index contributed by atoms with van der Waals surface area (Å²) >= 11 is 1.64. The van der Waals surface area contributed by atoms with E-state index in [4.69, 9.17) is 15.2 Å². The summed E-state index contributed by atoms with van der Waals surface area (Å²) < 4.78 is 10.8. The molecule has 4 heteroatoms. The van der Waals surface area contributed by atoms with Gasteiger partial charge in [-0.05, 0) is 69.5 Å². The molecule has 0 saturated carbocycles. The lowest BCUT2D eigenvalue weighted by Gasteiger charge is -2.19. The van der Waals surface area contributed by atoms with E-state index >= 15 is 0 Å². The zero-order chi connectivity index (χ0) is 24.6. The van der Waals surface area contributed by atoms with Crippen molar-refractivity contribution < 1.29 is 9.47 Å².